The first kappa shape index (κ1) is 17.3. The Hall–Kier alpha value is -2.09. The van der Waals surface area contributed by atoms with Gasteiger partial charge in [0.15, 0.2) is 0 Å². The van der Waals surface area contributed by atoms with Crippen molar-refractivity contribution < 1.29 is 9.53 Å². The minimum Gasteiger partial charge on any atom is -0.444 e. The SMILES string of the molecule is CC(C)(C)OC(=O)N[C@@H]1CCCC[C@H]1[C@H](C#N)c1ccccn1. The highest BCUT2D eigenvalue weighted by molar-refractivity contribution is 5.68. The number of carbonyl (C=O) groups is 1. The molecule has 0 aromatic carbocycles. The van der Waals surface area contributed by atoms with E-state index in [-0.39, 0.29) is 17.9 Å². The zero-order chi connectivity index (χ0) is 16.9. The molecule has 5 nitrogen and oxygen atoms in total. The Morgan fingerprint density at radius 2 is 2.13 bits per heavy atom. The number of pyridine rings is 1. The maximum atomic E-state index is 12.1. The second kappa shape index (κ2) is 7.45. The largest absolute Gasteiger partial charge is 0.444 e. The van der Waals surface area contributed by atoms with Crippen LogP contribution in [0.2, 0.25) is 0 Å². The molecule has 124 valence electrons. The van der Waals surface area contributed by atoms with E-state index in [1.807, 2.05) is 39.0 Å². The lowest BCUT2D eigenvalue weighted by atomic mass is 9.75. The Labute approximate surface area is 138 Å². The molecule has 23 heavy (non-hydrogen) atoms. The standard InChI is InChI=1S/C18H25N3O2/c1-18(2,3)23-17(22)21-16-10-5-4-8-13(16)14(12-19)15-9-6-7-11-20-15/h6-7,9,11,13-14,16H,4-5,8,10H2,1-3H3,(H,21,22)/t13-,14-,16+/m0/s1. The van der Waals surface area contributed by atoms with Crippen molar-refractivity contribution in [3.8, 4) is 6.07 Å². The topological polar surface area (TPSA) is 75.0 Å². The Morgan fingerprint density at radius 3 is 2.74 bits per heavy atom. The fourth-order valence-corrected chi connectivity index (χ4v) is 3.14. The van der Waals surface area contributed by atoms with Crippen LogP contribution in [0.3, 0.4) is 0 Å². The molecule has 0 spiro atoms. The van der Waals surface area contributed by atoms with Gasteiger partial charge in [0.05, 0.1) is 17.7 Å². The minimum absolute atomic E-state index is 0.0507. The van der Waals surface area contributed by atoms with Crippen LogP contribution in [0, 0.1) is 17.2 Å². The number of amides is 1. The molecule has 0 unspecified atom stereocenters. The highest BCUT2D eigenvalue weighted by atomic mass is 16.6. The third kappa shape index (κ3) is 4.95. The Balaban J connectivity index is 2.11. The van der Waals surface area contributed by atoms with Gasteiger partial charge in [0, 0.05) is 18.2 Å². The van der Waals surface area contributed by atoms with Gasteiger partial charge >= 0.3 is 6.09 Å². The number of nitrogens with one attached hydrogen (secondary N) is 1. The highest BCUT2D eigenvalue weighted by Gasteiger charge is 2.35. The first-order valence-corrected chi connectivity index (χ1v) is 8.21. The van der Waals surface area contributed by atoms with Gasteiger partial charge in [0.25, 0.3) is 0 Å². The third-order valence-electron chi connectivity index (χ3n) is 4.10. The Kier molecular flexibility index (Phi) is 5.59. The summed E-state index contributed by atoms with van der Waals surface area (Å²) in [5.74, 6) is -0.243. The second-order valence-corrected chi connectivity index (χ2v) is 7.06. The Bertz CT molecular complexity index is 560. The molecule has 2 rings (SSSR count). The lowest BCUT2D eigenvalue weighted by molar-refractivity contribution is 0.0465. The zero-order valence-electron chi connectivity index (χ0n) is 14.1. The molecule has 1 aromatic heterocycles. The van der Waals surface area contributed by atoms with E-state index < -0.39 is 11.7 Å². The molecule has 1 amide bonds. The van der Waals surface area contributed by atoms with E-state index in [0.29, 0.717) is 0 Å². The number of hydrogen-bond acceptors (Lipinski definition) is 4. The molecule has 1 aromatic rings. The van der Waals surface area contributed by atoms with Crippen LogP contribution in [0.15, 0.2) is 24.4 Å². The zero-order valence-corrected chi connectivity index (χ0v) is 14.1. The second-order valence-electron chi connectivity index (χ2n) is 7.06. The molecular weight excluding hydrogens is 290 g/mol. The van der Waals surface area contributed by atoms with Gasteiger partial charge in [0.1, 0.15) is 5.60 Å². The summed E-state index contributed by atoms with van der Waals surface area (Å²) in [5.41, 5.74) is 0.252. The maximum absolute atomic E-state index is 12.1. The number of nitriles is 1. The molecule has 1 saturated carbocycles. The summed E-state index contributed by atoms with van der Waals surface area (Å²) in [6, 6.07) is 7.95. The molecule has 0 bridgehead atoms. The number of nitrogens with zero attached hydrogens (tertiary/aromatic N) is 2. The predicted molar refractivity (Wildman–Crippen MR) is 87.7 cm³/mol. The van der Waals surface area contributed by atoms with Crippen LogP contribution in [-0.4, -0.2) is 22.7 Å². The number of ether oxygens (including phenoxy) is 1. The molecule has 0 radical (unpaired) electrons. The smallest absolute Gasteiger partial charge is 0.407 e. The van der Waals surface area contributed by atoms with E-state index >= 15 is 0 Å². The minimum atomic E-state index is -0.524. The van der Waals surface area contributed by atoms with Crippen LogP contribution < -0.4 is 5.32 Å². The van der Waals surface area contributed by atoms with Crippen LogP contribution >= 0.6 is 0 Å². The van der Waals surface area contributed by atoms with Crippen molar-refractivity contribution in [2.24, 2.45) is 5.92 Å². The van der Waals surface area contributed by atoms with Crippen LogP contribution in [-0.2, 0) is 4.74 Å². The van der Waals surface area contributed by atoms with Crippen LogP contribution in [0.1, 0.15) is 58.1 Å². The highest BCUT2D eigenvalue weighted by Crippen LogP contribution is 2.35. The molecule has 5 heteroatoms. The molecule has 1 aliphatic carbocycles. The normalized spacial score (nSPS) is 22.7. The van der Waals surface area contributed by atoms with E-state index in [2.05, 4.69) is 16.4 Å². The van der Waals surface area contributed by atoms with Gasteiger partial charge in [-0.15, -0.1) is 0 Å². The van der Waals surface area contributed by atoms with E-state index in [1.165, 1.54) is 0 Å². The number of carbonyl (C=O) groups excluding carboxylic acids is 1. The molecular formula is C18H25N3O2. The first-order valence-electron chi connectivity index (χ1n) is 8.21. The average molecular weight is 315 g/mol. The summed E-state index contributed by atoms with van der Waals surface area (Å²) in [5, 5.41) is 12.6. The van der Waals surface area contributed by atoms with Crippen molar-refractivity contribution in [3.63, 3.8) is 0 Å². The Morgan fingerprint density at radius 1 is 1.39 bits per heavy atom. The maximum Gasteiger partial charge on any atom is 0.407 e. The van der Waals surface area contributed by atoms with E-state index in [4.69, 9.17) is 4.74 Å². The molecule has 3 atom stereocenters. The predicted octanol–water partition coefficient (Wildman–Crippen LogP) is 3.77. The molecule has 1 heterocycles. The third-order valence-corrected chi connectivity index (χ3v) is 4.10. The van der Waals surface area contributed by atoms with Crippen molar-refractivity contribution in [3.05, 3.63) is 30.1 Å². The van der Waals surface area contributed by atoms with Gasteiger partial charge in [0.2, 0.25) is 0 Å². The molecule has 1 N–H and O–H groups in total. The lowest BCUT2D eigenvalue weighted by Crippen LogP contribution is -2.46. The quantitative estimate of drug-likeness (QED) is 0.921. The number of alkyl carbamates (subject to hydrolysis) is 1. The van der Waals surface area contributed by atoms with Crippen molar-refractivity contribution in [2.75, 3.05) is 0 Å². The van der Waals surface area contributed by atoms with Crippen LogP contribution in [0.5, 0.6) is 0 Å². The molecule has 0 aliphatic heterocycles. The van der Waals surface area contributed by atoms with Gasteiger partial charge in [-0.3, -0.25) is 4.98 Å². The summed E-state index contributed by atoms with van der Waals surface area (Å²) >= 11 is 0. The lowest BCUT2D eigenvalue weighted by Gasteiger charge is -2.35. The monoisotopic (exact) mass is 315 g/mol. The number of aromatic nitrogens is 1. The van der Waals surface area contributed by atoms with Gasteiger partial charge in [-0.05, 0) is 45.7 Å². The summed E-state index contributed by atoms with van der Waals surface area (Å²) in [4.78, 5) is 16.4. The summed E-state index contributed by atoms with van der Waals surface area (Å²) < 4.78 is 5.36. The summed E-state index contributed by atoms with van der Waals surface area (Å²) in [6.45, 7) is 5.53. The van der Waals surface area contributed by atoms with E-state index in [0.717, 1.165) is 31.4 Å². The number of hydrogen-bond donors (Lipinski definition) is 1. The summed E-state index contributed by atoms with van der Waals surface area (Å²) in [7, 11) is 0. The molecule has 0 saturated heterocycles. The van der Waals surface area contributed by atoms with E-state index in [9.17, 15) is 10.1 Å². The van der Waals surface area contributed by atoms with Gasteiger partial charge < -0.3 is 10.1 Å². The van der Waals surface area contributed by atoms with Crippen molar-refractivity contribution in [2.45, 2.75) is 64.0 Å². The van der Waals surface area contributed by atoms with Crippen LogP contribution in [0.25, 0.3) is 0 Å². The average Bonchev–Trinajstić information content (AvgIpc) is 2.49. The van der Waals surface area contributed by atoms with Crippen molar-refractivity contribution >= 4 is 6.09 Å². The van der Waals surface area contributed by atoms with Gasteiger partial charge in [-0.25, -0.2) is 4.79 Å². The summed E-state index contributed by atoms with van der Waals surface area (Å²) in [6.07, 6.45) is 5.20. The van der Waals surface area contributed by atoms with Crippen LogP contribution in [0.4, 0.5) is 4.79 Å². The van der Waals surface area contributed by atoms with Crippen molar-refractivity contribution in [1.82, 2.24) is 10.3 Å². The van der Waals surface area contributed by atoms with Gasteiger partial charge in [-0.2, -0.15) is 5.26 Å². The van der Waals surface area contributed by atoms with Crippen molar-refractivity contribution in [1.29, 1.82) is 5.26 Å². The fraction of sp³-hybridized carbons (Fsp3) is 0.611. The number of rotatable bonds is 3. The van der Waals surface area contributed by atoms with Gasteiger partial charge in [-0.1, -0.05) is 18.9 Å². The molecule has 1 fully saturated rings. The molecule has 1 aliphatic rings. The van der Waals surface area contributed by atoms with E-state index in [1.54, 1.807) is 6.20 Å². The fourth-order valence-electron chi connectivity index (χ4n) is 3.14. The first-order chi connectivity index (χ1) is 10.9.